The summed E-state index contributed by atoms with van der Waals surface area (Å²) >= 11 is 2.48. The molecule has 2 aromatic rings. The maximum Gasteiger partial charge on any atom is 0.255 e. The Balaban J connectivity index is 1.91. The van der Waals surface area contributed by atoms with Crippen molar-refractivity contribution >= 4 is 44.2 Å². The highest BCUT2D eigenvalue weighted by atomic mass is 32.2. The number of hydrogen-bond donors (Lipinski definition) is 1. The summed E-state index contributed by atoms with van der Waals surface area (Å²) < 4.78 is 38.3. The molecule has 0 radical (unpaired) electrons. The van der Waals surface area contributed by atoms with Crippen molar-refractivity contribution < 1.29 is 22.7 Å². The zero-order chi connectivity index (χ0) is 19.6. The number of thioether (sulfide) groups is 1. The maximum atomic E-state index is 13.1. The first-order chi connectivity index (χ1) is 12.9. The van der Waals surface area contributed by atoms with E-state index >= 15 is 0 Å². The van der Waals surface area contributed by atoms with Crippen LogP contribution in [0.2, 0.25) is 0 Å². The summed E-state index contributed by atoms with van der Waals surface area (Å²) in [5, 5.41) is 2.39. The first-order valence-corrected chi connectivity index (χ1v) is 11.3. The van der Waals surface area contributed by atoms with Crippen LogP contribution in [0.5, 0.6) is 11.5 Å². The number of benzene rings is 1. The van der Waals surface area contributed by atoms with Crippen molar-refractivity contribution in [1.29, 1.82) is 0 Å². The fraction of sp³-hybridized carbons (Fsp3) is 0.375. The average molecular weight is 430 g/mol. The molecule has 1 aliphatic rings. The Bertz CT molecular complexity index is 945. The van der Waals surface area contributed by atoms with Gasteiger partial charge in [0, 0.05) is 19.2 Å². The fourth-order valence-electron chi connectivity index (χ4n) is 2.67. The summed E-state index contributed by atoms with van der Waals surface area (Å²) in [5.74, 6) is 1.51. The molecule has 0 bridgehead atoms. The van der Waals surface area contributed by atoms with E-state index in [9.17, 15) is 13.2 Å². The van der Waals surface area contributed by atoms with E-state index in [-0.39, 0.29) is 20.6 Å². The first-order valence-electron chi connectivity index (χ1n) is 7.95. The number of anilines is 1. The van der Waals surface area contributed by atoms with E-state index in [1.54, 1.807) is 38.1 Å². The number of sulfonamides is 1. The second-order valence-corrected chi connectivity index (χ2v) is 9.96. The van der Waals surface area contributed by atoms with Gasteiger partial charge in [-0.2, -0.15) is 4.31 Å². The molecule has 1 N–H and O–H groups in total. The van der Waals surface area contributed by atoms with Crippen LogP contribution < -0.4 is 14.8 Å². The molecule has 1 saturated heterocycles. The van der Waals surface area contributed by atoms with Gasteiger partial charge >= 0.3 is 0 Å². The molecule has 1 aliphatic heterocycles. The number of aromatic nitrogens is 1. The summed E-state index contributed by atoms with van der Waals surface area (Å²) in [6.07, 6.45) is 1.28. The monoisotopic (exact) mass is 429 g/mol. The van der Waals surface area contributed by atoms with E-state index in [4.69, 9.17) is 9.47 Å². The molecular weight excluding hydrogens is 410 g/mol. The number of thiazole rings is 1. The van der Waals surface area contributed by atoms with E-state index in [1.165, 1.54) is 17.4 Å². The number of rotatable bonds is 6. The number of amides is 1. The second kappa shape index (κ2) is 8.05. The van der Waals surface area contributed by atoms with Gasteiger partial charge in [0.25, 0.3) is 10.0 Å². The number of carbonyl (C=O) groups excluding carboxylic acids is 1. The molecule has 1 unspecified atom stereocenters. The van der Waals surface area contributed by atoms with E-state index in [1.807, 2.05) is 6.07 Å². The van der Waals surface area contributed by atoms with Crippen molar-refractivity contribution in [3.05, 3.63) is 30.0 Å². The minimum atomic E-state index is -3.74. The molecule has 0 aliphatic carbocycles. The molecule has 27 heavy (non-hydrogen) atoms. The molecule has 2 heterocycles. The smallest absolute Gasteiger partial charge is 0.255 e. The summed E-state index contributed by atoms with van der Waals surface area (Å²) in [7, 11) is -0.650. The number of methoxy groups -OCH3 is 2. The first kappa shape index (κ1) is 19.9. The number of nitrogens with zero attached hydrogens (tertiary/aromatic N) is 2. The van der Waals surface area contributed by atoms with Crippen LogP contribution in [0.1, 0.15) is 17.9 Å². The van der Waals surface area contributed by atoms with Crippen LogP contribution in [-0.2, 0) is 14.8 Å². The highest BCUT2D eigenvalue weighted by Gasteiger charge is 2.38. The summed E-state index contributed by atoms with van der Waals surface area (Å²) in [4.78, 5) is 15.1. The molecule has 1 aromatic carbocycles. The van der Waals surface area contributed by atoms with E-state index in [2.05, 4.69) is 10.3 Å². The largest absolute Gasteiger partial charge is 0.493 e. The summed E-state index contributed by atoms with van der Waals surface area (Å²) in [6.45, 7) is 1.74. The van der Waals surface area contributed by atoms with Gasteiger partial charge in [0.15, 0.2) is 20.8 Å². The quantitative estimate of drug-likeness (QED) is 0.753. The molecule has 8 nitrogen and oxygen atoms in total. The normalized spacial score (nSPS) is 17.7. The predicted molar refractivity (Wildman–Crippen MR) is 105 cm³/mol. The summed E-state index contributed by atoms with van der Waals surface area (Å²) in [5.41, 5.74) is 0.810. The van der Waals surface area contributed by atoms with E-state index in [0.717, 1.165) is 16.9 Å². The molecule has 1 fully saturated rings. The van der Waals surface area contributed by atoms with Gasteiger partial charge in [0.1, 0.15) is 0 Å². The van der Waals surface area contributed by atoms with Crippen LogP contribution in [0.25, 0.3) is 0 Å². The van der Waals surface area contributed by atoms with Crippen molar-refractivity contribution in [2.45, 2.75) is 16.5 Å². The van der Waals surface area contributed by atoms with Crippen LogP contribution in [0.4, 0.5) is 5.13 Å². The Hall–Kier alpha value is -1.82. The van der Waals surface area contributed by atoms with E-state index in [0.29, 0.717) is 23.8 Å². The van der Waals surface area contributed by atoms with Crippen LogP contribution in [-0.4, -0.2) is 50.1 Å². The molecule has 0 saturated carbocycles. The number of hydrogen-bond acceptors (Lipinski definition) is 8. The molecule has 1 atom stereocenters. The zero-order valence-corrected chi connectivity index (χ0v) is 17.4. The van der Waals surface area contributed by atoms with Gasteiger partial charge in [0.05, 0.1) is 25.8 Å². The molecule has 146 valence electrons. The molecular formula is C16H19N3O5S3. The van der Waals surface area contributed by atoms with Crippen LogP contribution in [0, 0.1) is 0 Å². The maximum absolute atomic E-state index is 13.1. The molecule has 0 spiro atoms. The van der Waals surface area contributed by atoms with Crippen LogP contribution >= 0.6 is 23.1 Å². The minimum Gasteiger partial charge on any atom is -0.493 e. The topological polar surface area (TPSA) is 97.8 Å². The van der Waals surface area contributed by atoms with Gasteiger partial charge in [-0.05, 0) is 17.7 Å². The Morgan fingerprint density at radius 2 is 2.04 bits per heavy atom. The minimum absolute atomic E-state index is 0.0965. The highest BCUT2D eigenvalue weighted by molar-refractivity contribution is 8.01. The Labute approximate surface area is 165 Å². The lowest BCUT2D eigenvalue weighted by Crippen LogP contribution is -2.30. The van der Waals surface area contributed by atoms with Gasteiger partial charge in [-0.25, -0.2) is 13.4 Å². The highest BCUT2D eigenvalue weighted by Crippen LogP contribution is 2.44. The third kappa shape index (κ3) is 4.05. The fourth-order valence-corrected chi connectivity index (χ4v) is 7.11. The predicted octanol–water partition coefficient (Wildman–Crippen LogP) is 2.56. The molecule has 1 amide bonds. The number of ether oxygens (including phenoxy) is 2. The van der Waals surface area contributed by atoms with E-state index < -0.39 is 10.0 Å². The Morgan fingerprint density at radius 1 is 1.30 bits per heavy atom. The third-order valence-electron chi connectivity index (χ3n) is 3.87. The van der Waals surface area contributed by atoms with Gasteiger partial charge in [-0.15, -0.1) is 11.8 Å². The Kier molecular flexibility index (Phi) is 5.94. The lowest BCUT2D eigenvalue weighted by Gasteiger charge is -2.23. The van der Waals surface area contributed by atoms with Gasteiger partial charge < -0.3 is 14.8 Å². The third-order valence-corrected chi connectivity index (χ3v) is 8.48. The van der Waals surface area contributed by atoms with Gasteiger partial charge in [-0.1, -0.05) is 17.4 Å². The lowest BCUT2D eigenvalue weighted by atomic mass is 10.2. The number of carbonyl (C=O) groups is 1. The SMILES string of the molecule is COc1ccc(C2SCCN2S(=O)(=O)c2cnc(NC(C)=O)s2)cc1OC. The van der Waals surface area contributed by atoms with Crippen molar-refractivity contribution in [3.63, 3.8) is 0 Å². The summed E-state index contributed by atoms with van der Waals surface area (Å²) in [6, 6.07) is 5.39. The van der Waals surface area contributed by atoms with Crippen molar-refractivity contribution in [2.24, 2.45) is 0 Å². The van der Waals surface area contributed by atoms with Gasteiger partial charge in [0.2, 0.25) is 5.91 Å². The van der Waals surface area contributed by atoms with Crippen LogP contribution in [0.3, 0.4) is 0 Å². The number of nitrogens with one attached hydrogen (secondary N) is 1. The standard InChI is InChI=1S/C16H19N3O5S3/c1-10(20)18-16-17-9-14(26-16)27(21,22)19-6-7-25-15(19)11-4-5-12(23-2)13(8-11)24-3/h4-5,8-9,15H,6-7H2,1-3H3,(H,17,18,20). The average Bonchev–Trinajstić information content (AvgIpc) is 3.30. The molecule has 1 aromatic heterocycles. The zero-order valence-electron chi connectivity index (χ0n) is 15.0. The molecule has 3 rings (SSSR count). The van der Waals surface area contributed by atoms with Crippen LogP contribution in [0.15, 0.2) is 28.6 Å². The Morgan fingerprint density at radius 3 is 2.70 bits per heavy atom. The van der Waals surface area contributed by atoms with Crippen molar-refractivity contribution in [3.8, 4) is 11.5 Å². The second-order valence-electron chi connectivity index (χ2n) is 5.62. The lowest BCUT2D eigenvalue weighted by molar-refractivity contribution is -0.114. The van der Waals surface area contributed by atoms with Crippen molar-refractivity contribution in [2.75, 3.05) is 31.8 Å². The molecule has 11 heteroatoms. The van der Waals surface area contributed by atoms with Crippen molar-refractivity contribution in [1.82, 2.24) is 9.29 Å². The van der Waals surface area contributed by atoms with Gasteiger partial charge in [-0.3, -0.25) is 4.79 Å².